The van der Waals surface area contributed by atoms with Crippen LogP contribution in [-0.2, 0) is 11.3 Å². The van der Waals surface area contributed by atoms with E-state index >= 15 is 0 Å². The second-order valence-electron chi connectivity index (χ2n) is 9.68. The number of benzene rings is 1. The van der Waals surface area contributed by atoms with Gasteiger partial charge in [0, 0.05) is 39.1 Å². The fourth-order valence-corrected chi connectivity index (χ4v) is 3.98. The van der Waals surface area contributed by atoms with Crippen LogP contribution in [0.3, 0.4) is 0 Å². The standard InChI is InChI=1S/C25H33N7O/c1-5-11-26-22-21-23(32(18-27-21)17-19-9-7-6-8-10-19)29-24(28-22)31-14-12-30(13-15-31)20(33)16-25(2,3)4/h5-10,18H,1,11-17H2,2-4H3,(H,26,28,29). The molecule has 2 aromatic heterocycles. The second-order valence-corrected chi connectivity index (χ2v) is 9.68. The predicted molar refractivity (Wildman–Crippen MR) is 132 cm³/mol. The first kappa shape index (κ1) is 22.8. The molecule has 0 bridgehead atoms. The van der Waals surface area contributed by atoms with Crippen LogP contribution in [0.25, 0.3) is 11.2 Å². The van der Waals surface area contributed by atoms with Crippen molar-refractivity contribution >= 4 is 28.8 Å². The number of carbonyl (C=O) groups is 1. The highest BCUT2D eigenvalue weighted by Crippen LogP contribution is 2.25. The molecule has 1 amide bonds. The first-order valence-electron chi connectivity index (χ1n) is 11.5. The number of anilines is 2. The zero-order valence-electron chi connectivity index (χ0n) is 19.8. The minimum absolute atomic E-state index is 0.00868. The lowest BCUT2D eigenvalue weighted by Crippen LogP contribution is -2.49. The minimum Gasteiger partial charge on any atom is -0.365 e. The van der Waals surface area contributed by atoms with E-state index < -0.39 is 0 Å². The molecule has 1 saturated heterocycles. The summed E-state index contributed by atoms with van der Waals surface area (Å²) in [7, 11) is 0. The average molecular weight is 448 g/mol. The molecule has 1 fully saturated rings. The normalized spacial score (nSPS) is 14.5. The lowest BCUT2D eigenvalue weighted by molar-refractivity contribution is -0.133. The molecule has 174 valence electrons. The summed E-state index contributed by atoms with van der Waals surface area (Å²) in [6.45, 7) is 14.1. The molecule has 0 saturated carbocycles. The molecule has 3 aromatic rings. The number of imidazole rings is 1. The van der Waals surface area contributed by atoms with Gasteiger partial charge in [-0.2, -0.15) is 9.97 Å². The third kappa shape index (κ3) is 5.50. The number of hydrogen-bond acceptors (Lipinski definition) is 6. The van der Waals surface area contributed by atoms with Crippen molar-refractivity contribution in [1.82, 2.24) is 24.4 Å². The zero-order valence-corrected chi connectivity index (χ0v) is 19.8. The van der Waals surface area contributed by atoms with E-state index in [1.54, 1.807) is 6.08 Å². The van der Waals surface area contributed by atoms with Gasteiger partial charge in [0.05, 0.1) is 12.9 Å². The van der Waals surface area contributed by atoms with E-state index in [1.807, 2.05) is 29.4 Å². The van der Waals surface area contributed by atoms with Crippen LogP contribution in [0.1, 0.15) is 32.8 Å². The smallest absolute Gasteiger partial charge is 0.229 e. The van der Waals surface area contributed by atoms with Gasteiger partial charge in [0.2, 0.25) is 11.9 Å². The summed E-state index contributed by atoms with van der Waals surface area (Å²) in [4.78, 5) is 31.0. The number of piperazine rings is 1. The summed E-state index contributed by atoms with van der Waals surface area (Å²) < 4.78 is 2.05. The summed E-state index contributed by atoms with van der Waals surface area (Å²) in [5.41, 5.74) is 2.71. The summed E-state index contributed by atoms with van der Waals surface area (Å²) in [6, 6.07) is 10.3. The van der Waals surface area contributed by atoms with Crippen molar-refractivity contribution in [1.29, 1.82) is 0 Å². The Balaban J connectivity index is 1.57. The SMILES string of the molecule is C=CCNc1nc(N2CCN(C(=O)CC(C)(C)C)CC2)nc2c1ncn2Cc1ccccc1. The van der Waals surface area contributed by atoms with Crippen LogP contribution in [0.4, 0.5) is 11.8 Å². The maximum Gasteiger partial charge on any atom is 0.229 e. The molecule has 0 atom stereocenters. The number of hydrogen-bond donors (Lipinski definition) is 1. The van der Waals surface area contributed by atoms with Crippen LogP contribution in [-0.4, -0.2) is 63.0 Å². The van der Waals surface area contributed by atoms with Gasteiger partial charge >= 0.3 is 0 Å². The third-order valence-corrected chi connectivity index (χ3v) is 5.66. The molecule has 0 aliphatic carbocycles. The molecule has 1 aliphatic heterocycles. The fraction of sp³-hybridized carbons (Fsp3) is 0.440. The fourth-order valence-electron chi connectivity index (χ4n) is 3.98. The summed E-state index contributed by atoms with van der Waals surface area (Å²) >= 11 is 0. The van der Waals surface area contributed by atoms with Gasteiger partial charge < -0.3 is 19.7 Å². The summed E-state index contributed by atoms with van der Waals surface area (Å²) in [6.07, 6.45) is 4.18. The van der Waals surface area contributed by atoms with Gasteiger partial charge in [-0.05, 0) is 11.0 Å². The van der Waals surface area contributed by atoms with Gasteiger partial charge in [0.1, 0.15) is 0 Å². The molecule has 0 unspecified atom stereocenters. The van der Waals surface area contributed by atoms with Crippen molar-refractivity contribution in [2.75, 3.05) is 42.9 Å². The second kappa shape index (κ2) is 9.60. The largest absolute Gasteiger partial charge is 0.365 e. The Hall–Kier alpha value is -3.42. The third-order valence-electron chi connectivity index (χ3n) is 5.66. The maximum absolute atomic E-state index is 12.6. The van der Waals surface area contributed by atoms with Crippen LogP contribution in [0.5, 0.6) is 0 Å². The first-order valence-corrected chi connectivity index (χ1v) is 11.5. The quantitative estimate of drug-likeness (QED) is 0.558. The molecule has 1 aliphatic rings. The monoisotopic (exact) mass is 447 g/mol. The van der Waals surface area contributed by atoms with E-state index in [0.717, 1.165) is 11.2 Å². The summed E-state index contributed by atoms with van der Waals surface area (Å²) in [5, 5.41) is 3.31. The summed E-state index contributed by atoms with van der Waals surface area (Å²) in [5.74, 6) is 1.58. The molecule has 0 spiro atoms. The first-order chi connectivity index (χ1) is 15.8. The topological polar surface area (TPSA) is 79.2 Å². The number of carbonyl (C=O) groups excluding carboxylic acids is 1. The van der Waals surface area contributed by atoms with E-state index in [9.17, 15) is 4.79 Å². The van der Waals surface area contributed by atoms with Crippen molar-refractivity contribution in [3.05, 3.63) is 54.9 Å². The van der Waals surface area contributed by atoms with Gasteiger partial charge in [-0.25, -0.2) is 4.98 Å². The molecule has 1 aromatic carbocycles. The van der Waals surface area contributed by atoms with E-state index in [0.29, 0.717) is 57.5 Å². The zero-order chi connectivity index (χ0) is 23.4. The van der Waals surface area contributed by atoms with Gasteiger partial charge in [-0.1, -0.05) is 57.2 Å². The van der Waals surface area contributed by atoms with E-state index in [1.165, 1.54) is 5.56 Å². The van der Waals surface area contributed by atoms with Crippen molar-refractivity contribution in [2.45, 2.75) is 33.7 Å². The number of nitrogens with zero attached hydrogens (tertiary/aromatic N) is 6. The molecule has 4 rings (SSSR count). The van der Waals surface area contributed by atoms with Gasteiger partial charge in [0.15, 0.2) is 17.0 Å². The molecule has 33 heavy (non-hydrogen) atoms. The highest BCUT2D eigenvalue weighted by atomic mass is 16.2. The van der Waals surface area contributed by atoms with E-state index in [4.69, 9.17) is 9.97 Å². The van der Waals surface area contributed by atoms with E-state index in [-0.39, 0.29) is 11.3 Å². The number of nitrogens with one attached hydrogen (secondary N) is 1. The van der Waals surface area contributed by atoms with Crippen LogP contribution in [0, 0.1) is 5.41 Å². The Bertz CT molecular complexity index is 1110. The molecular weight excluding hydrogens is 414 g/mol. The molecule has 8 heteroatoms. The van der Waals surface area contributed by atoms with Gasteiger partial charge in [-0.3, -0.25) is 4.79 Å². The van der Waals surface area contributed by atoms with Crippen LogP contribution in [0.15, 0.2) is 49.3 Å². The van der Waals surface area contributed by atoms with E-state index in [2.05, 4.69) is 59.3 Å². The maximum atomic E-state index is 12.6. The Morgan fingerprint density at radius 3 is 2.52 bits per heavy atom. The molecule has 1 N–H and O–H groups in total. The lowest BCUT2D eigenvalue weighted by Gasteiger charge is -2.36. The van der Waals surface area contributed by atoms with Gasteiger partial charge in [0.25, 0.3) is 0 Å². The Morgan fingerprint density at radius 1 is 1.12 bits per heavy atom. The highest BCUT2D eigenvalue weighted by molar-refractivity contribution is 5.84. The number of fused-ring (bicyclic) bond motifs is 1. The van der Waals surface area contributed by atoms with Crippen molar-refractivity contribution in [2.24, 2.45) is 5.41 Å². The number of aromatic nitrogens is 4. The Morgan fingerprint density at radius 2 is 1.85 bits per heavy atom. The molecule has 8 nitrogen and oxygen atoms in total. The molecular formula is C25H33N7O. The minimum atomic E-state index is -0.00868. The van der Waals surface area contributed by atoms with Crippen molar-refractivity contribution in [3.8, 4) is 0 Å². The molecule has 0 radical (unpaired) electrons. The Labute approximate surface area is 195 Å². The Kier molecular flexibility index (Phi) is 6.62. The number of rotatable bonds is 7. The van der Waals surface area contributed by atoms with Crippen molar-refractivity contribution < 1.29 is 4.79 Å². The molecule has 3 heterocycles. The van der Waals surface area contributed by atoms with Crippen LogP contribution >= 0.6 is 0 Å². The average Bonchev–Trinajstić information content (AvgIpc) is 3.20. The lowest BCUT2D eigenvalue weighted by atomic mass is 9.91. The predicted octanol–water partition coefficient (Wildman–Crippen LogP) is 3.56. The van der Waals surface area contributed by atoms with Crippen molar-refractivity contribution in [3.63, 3.8) is 0 Å². The van der Waals surface area contributed by atoms with Crippen LogP contribution < -0.4 is 10.2 Å². The highest BCUT2D eigenvalue weighted by Gasteiger charge is 2.26. The van der Waals surface area contributed by atoms with Gasteiger partial charge in [-0.15, -0.1) is 6.58 Å². The number of amides is 1. The van der Waals surface area contributed by atoms with Crippen LogP contribution in [0.2, 0.25) is 0 Å².